The van der Waals surface area contributed by atoms with Crippen LogP contribution in [0.5, 0.6) is 0 Å². The lowest BCUT2D eigenvalue weighted by atomic mass is 9.87. The van der Waals surface area contributed by atoms with Crippen LogP contribution in [0.25, 0.3) is 0 Å². The quantitative estimate of drug-likeness (QED) is 0.700. The van der Waals surface area contributed by atoms with E-state index in [4.69, 9.17) is 5.11 Å². The molecule has 0 aromatic rings. The van der Waals surface area contributed by atoms with E-state index in [2.05, 4.69) is 4.90 Å². The van der Waals surface area contributed by atoms with E-state index >= 15 is 0 Å². The second kappa shape index (κ2) is 5.28. The zero-order valence-corrected chi connectivity index (χ0v) is 10.2. The summed E-state index contributed by atoms with van der Waals surface area (Å²) in [5.74, 6) is 0.249. The normalized spacial score (nSPS) is 21.8. The highest BCUT2D eigenvalue weighted by atomic mass is 16.3. The number of aliphatic hydroxyl groups is 2. The van der Waals surface area contributed by atoms with Gasteiger partial charge in [0, 0.05) is 19.1 Å². The van der Waals surface area contributed by atoms with Gasteiger partial charge in [0.2, 0.25) is 0 Å². The first kappa shape index (κ1) is 12.9. The second-order valence-electron chi connectivity index (χ2n) is 5.29. The molecule has 1 aliphatic carbocycles. The highest BCUT2D eigenvalue weighted by molar-refractivity contribution is 4.87. The van der Waals surface area contributed by atoms with Gasteiger partial charge in [0.25, 0.3) is 0 Å². The van der Waals surface area contributed by atoms with E-state index in [1.54, 1.807) is 0 Å². The molecule has 1 rings (SSSR count). The van der Waals surface area contributed by atoms with E-state index < -0.39 is 5.60 Å². The van der Waals surface area contributed by atoms with Crippen LogP contribution in [0.3, 0.4) is 0 Å². The third kappa shape index (κ3) is 3.44. The topological polar surface area (TPSA) is 43.7 Å². The van der Waals surface area contributed by atoms with Crippen LogP contribution >= 0.6 is 0 Å². The zero-order valence-electron chi connectivity index (χ0n) is 10.2. The lowest BCUT2D eigenvalue weighted by Gasteiger charge is -2.42. The van der Waals surface area contributed by atoms with E-state index in [9.17, 15) is 5.11 Å². The summed E-state index contributed by atoms with van der Waals surface area (Å²) in [6, 6.07) is 0.586. The lowest BCUT2D eigenvalue weighted by Crippen LogP contribution is -2.51. The van der Waals surface area contributed by atoms with Crippen molar-refractivity contribution in [3.05, 3.63) is 0 Å². The Labute approximate surface area is 93.1 Å². The Morgan fingerprint density at radius 3 is 2.33 bits per heavy atom. The molecule has 0 heterocycles. The fourth-order valence-electron chi connectivity index (χ4n) is 1.86. The van der Waals surface area contributed by atoms with Crippen LogP contribution < -0.4 is 0 Å². The van der Waals surface area contributed by atoms with Crippen LogP contribution in [0.2, 0.25) is 0 Å². The highest BCUT2D eigenvalue weighted by Crippen LogP contribution is 2.27. The molecule has 0 amide bonds. The van der Waals surface area contributed by atoms with Crippen LogP contribution in [0, 0.1) is 5.92 Å². The van der Waals surface area contributed by atoms with Crippen molar-refractivity contribution in [2.45, 2.75) is 51.7 Å². The Balaban J connectivity index is 2.49. The van der Waals surface area contributed by atoms with Crippen molar-refractivity contribution < 1.29 is 10.2 Å². The van der Waals surface area contributed by atoms with Gasteiger partial charge in [0.05, 0.1) is 12.2 Å². The van der Waals surface area contributed by atoms with E-state index in [0.29, 0.717) is 19.1 Å². The predicted molar refractivity (Wildman–Crippen MR) is 61.8 cm³/mol. The molecular weight excluding hydrogens is 190 g/mol. The van der Waals surface area contributed by atoms with Gasteiger partial charge < -0.3 is 10.2 Å². The first-order chi connectivity index (χ1) is 6.97. The van der Waals surface area contributed by atoms with E-state index in [1.807, 2.05) is 20.8 Å². The summed E-state index contributed by atoms with van der Waals surface area (Å²) in [7, 11) is 0. The minimum atomic E-state index is -0.648. The average Bonchev–Trinajstić information content (AvgIpc) is 1.99. The maximum Gasteiger partial charge on any atom is 0.0768 e. The molecule has 1 saturated carbocycles. The van der Waals surface area contributed by atoms with Crippen LogP contribution in [0.4, 0.5) is 0 Å². The molecule has 90 valence electrons. The molecule has 1 fully saturated rings. The summed E-state index contributed by atoms with van der Waals surface area (Å²) >= 11 is 0. The van der Waals surface area contributed by atoms with Gasteiger partial charge in [-0.3, -0.25) is 4.90 Å². The average molecular weight is 215 g/mol. The zero-order chi connectivity index (χ0) is 11.5. The second-order valence-corrected chi connectivity index (χ2v) is 5.29. The molecule has 2 N–H and O–H groups in total. The van der Waals surface area contributed by atoms with Crippen molar-refractivity contribution in [1.82, 2.24) is 4.90 Å². The van der Waals surface area contributed by atoms with Gasteiger partial charge in [-0.25, -0.2) is 0 Å². The highest BCUT2D eigenvalue weighted by Gasteiger charge is 2.32. The van der Waals surface area contributed by atoms with Gasteiger partial charge >= 0.3 is 0 Å². The lowest BCUT2D eigenvalue weighted by molar-refractivity contribution is -0.0421. The molecule has 0 saturated heterocycles. The maximum atomic E-state index is 10.2. The van der Waals surface area contributed by atoms with Gasteiger partial charge in [-0.2, -0.15) is 0 Å². The Morgan fingerprint density at radius 2 is 2.00 bits per heavy atom. The molecule has 1 atom stereocenters. The van der Waals surface area contributed by atoms with Gasteiger partial charge in [0.15, 0.2) is 0 Å². The van der Waals surface area contributed by atoms with E-state index in [0.717, 1.165) is 0 Å². The molecular formula is C12H25NO2. The molecule has 0 radical (unpaired) electrons. The molecule has 1 unspecified atom stereocenters. The van der Waals surface area contributed by atoms with E-state index in [1.165, 1.54) is 19.3 Å². The third-order valence-corrected chi connectivity index (χ3v) is 3.75. The Bertz CT molecular complexity index is 188. The van der Waals surface area contributed by atoms with Crippen molar-refractivity contribution >= 4 is 0 Å². The smallest absolute Gasteiger partial charge is 0.0768 e. The summed E-state index contributed by atoms with van der Waals surface area (Å²) < 4.78 is 0. The van der Waals surface area contributed by atoms with Crippen LogP contribution in [-0.4, -0.2) is 46.5 Å². The van der Waals surface area contributed by atoms with Gasteiger partial charge in [-0.1, -0.05) is 20.3 Å². The van der Waals surface area contributed by atoms with Crippen molar-refractivity contribution in [3.8, 4) is 0 Å². The number of hydrogen-bond donors (Lipinski definition) is 2. The largest absolute Gasteiger partial charge is 0.395 e. The fourth-order valence-corrected chi connectivity index (χ4v) is 1.86. The molecule has 0 spiro atoms. The maximum absolute atomic E-state index is 10.2. The predicted octanol–water partition coefficient (Wildman–Crippen LogP) is 1.24. The van der Waals surface area contributed by atoms with Crippen LogP contribution in [-0.2, 0) is 0 Å². The van der Waals surface area contributed by atoms with E-state index in [-0.39, 0.29) is 12.5 Å². The number of hydrogen-bond acceptors (Lipinski definition) is 3. The summed E-state index contributed by atoms with van der Waals surface area (Å²) in [4.78, 5) is 2.24. The molecule has 0 aromatic heterocycles. The number of rotatable bonds is 6. The molecule has 0 aliphatic heterocycles. The third-order valence-electron chi connectivity index (χ3n) is 3.75. The number of aliphatic hydroxyl groups excluding tert-OH is 1. The molecule has 3 nitrogen and oxygen atoms in total. The minimum absolute atomic E-state index is 0.185. The Hall–Kier alpha value is -0.120. The summed E-state index contributed by atoms with van der Waals surface area (Å²) in [6.45, 7) is 7.52. The van der Waals surface area contributed by atoms with Crippen LogP contribution in [0.15, 0.2) is 0 Å². The van der Waals surface area contributed by atoms with Gasteiger partial charge in [0.1, 0.15) is 0 Å². The van der Waals surface area contributed by atoms with Crippen molar-refractivity contribution in [3.63, 3.8) is 0 Å². The number of nitrogens with zero attached hydrogens (tertiary/aromatic N) is 1. The molecule has 0 bridgehead atoms. The SMILES string of the molecule is CC(C)C(C)(O)CN(CCO)C1CCC1. The molecule has 3 heteroatoms. The minimum Gasteiger partial charge on any atom is -0.395 e. The van der Waals surface area contributed by atoms with Gasteiger partial charge in [-0.05, 0) is 25.7 Å². The summed E-state index contributed by atoms with van der Waals surface area (Å²) in [6.07, 6.45) is 3.72. The van der Waals surface area contributed by atoms with Crippen molar-refractivity contribution in [2.75, 3.05) is 19.7 Å². The van der Waals surface area contributed by atoms with Crippen LogP contribution in [0.1, 0.15) is 40.0 Å². The Morgan fingerprint density at radius 1 is 1.40 bits per heavy atom. The van der Waals surface area contributed by atoms with Crippen molar-refractivity contribution in [2.24, 2.45) is 5.92 Å². The first-order valence-electron chi connectivity index (χ1n) is 6.04. The molecule has 0 aromatic carbocycles. The van der Waals surface area contributed by atoms with Crippen molar-refractivity contribution in [1.29, 1.82) is 0 Å². The fraction of sp³-hybridized carbons (Fsp3) is 1.00. The first-order valence-corrected chi connectivity index (χ1v) is 6.04. The monoisotopic (exact) mass is 215 g/mol. The Kier molecular flexibility index (Phi) is 4.56. The summed E-state index contributed by atoms with van der Waals surface area (Å²) in [5.41, 5.74) is -0.648. The standard InChI is InChI=1S/C12H25NO2/c1-10(2)12(3,15)9-13(7-8-14)11-5-4-6-11/h10-11,14-15H,4-9H2,1-3H3. The van der Waals surface area contributed by atoms with Gasteiger partial charge in [-0.15, -0.1) is 0 Å². The molecule has 15 heavy (non-hydrogen) atoms. The summed E-state index contributed by atoms with van der Waals surface area (Å²) in [5, 5.41) is 19.3. The molecule has 1 aliphatic rings.